The smallest absolute Gasteiger partial charge is 0.274 e. The number of morpholine rings is 1. The summed E-state index contributed by atoms with van der Waals surface area (Å²) >= 11 is 6.23. The van der Waals surface area contributed by atoms with E-state index in [2.05, 4.69) is 10.3 Å². The van der Waals surface area contributed by atoms with E-state index < -0.39 is 0 Å². The Bertz CT molecular complexity index is 960. The van der Waals surface area contributed by atoms with E-state index >= 15 is 0 Å². The third kappa shape index (κ3) is 3.56. The molecule has 0 radical (unpaired) electrons. The van der Waals surface area contributed by atoms with Gasteiger partial charge in [-0.3, -0.25) is 4.79 Å². The fraction of sp³-hybridized carbons (Fsp3) is 0.211. The van der Waals surface area contributed by atoms with E-state index in [1.807, 2.05) is 6.07 Å². The molecule has 0 bridgehead atoms. The topological polar surface area (TPSA) is 60.2 Å². The van der Waals surface area contributed by atoms with Crippen LogP contribution in [0.15, 0.2) is 54.7 Å². The average molecular weight is 387 g/mol. The van der Waals surface area contributed by atoms with E-state index in [9.17, 15) is 9.18 Å². The Balaban J connectivity index is 1.58. The maximum atomic E-state index is 13.2. The molecule has 4 rings (SSSR count). The lowest BCUT2D eigenvalue weighted by Crippen LogP contribution is -2.42. The minimum Gasteiger partial charge on any atom is -0.370 e. The van der Waals surface area contributed by atoms with Gasteiger partial charge < -0.3 is 9.64 Å². The second-order valence-corrected chi connectivity index (χ2v) is 6.55. The first-order valence-corrected chi connectivity index (χ1v) is 8.83. The van der Waals surface area contributed by atoms with Gasteiger partial charge in [-0.15, -0.1) is 5.10 Å². The number of rotatable bonds is 3. The molecule has 27 heavy (non-hydrogen) atoms. The Morgan fingerprint density at radius 3 is 2.74 bits per heavy atom. The standard InChI is InChI=1S/C19H16ClFN4O2/c20-15-3-1-2-4-16(15)25-17(11-22-23-25)19(26)24-9-10-27-18(12-24)13-5-7-14(21)8-6-13/h1-8,11,18H,9-10,12H2/t18-/m0/s1. The first-order chi connectivity index (χ1) is 13.1. The number of benzene rings is 2. The Morgan fingerprint density at radius 1 is 1.19 bits per heavy atom. The number of aromatic nitrogens is 3. The summed E-state index contributed by atoms with van der Waals surface area (Å²) in [5.74, 6) is -0.521. The monoisotopic (exact) mass is 386 g/mol. The van der Waals surface area contributed by atoms with Crippen LogP contribution in [-0.4, -0.2) is 45.5 Å². The fourth-order valence-electron chi connectivity index (χ4n) is 3.06. The van der Waals surface area contributed by atoms with Crippen molar-refractivity contribution in [2.45, 2.75) is 6.10 Å². The van der Waals surface area contributed by atoms with Crippen LogP contribution in [-0.2, 0) is 4.74 Å². The molecule has 1 atom stereocenters. The van der Waals surface area contributed by atoms with Crippen LogP contribution < -0.4 is 0 Å². The molecule has 1 amide bonds. The number of amides is 1. The third-order valence-corrected chi connectivity index (χ3v) is 4.76. The first-order valence-electron chi connectivity index (χ1n) is 8.45. The number of halogens is 2. The van der Waals surface area contributed by atoms with Gasteiger partial charge in [0, 0.05) is 6.54 Å². The Morgan fingerprint density at radius 2 is 1.96 bits per heavy atom. The molecule has 1 saturated heterocycles. The third-order valence-electron chi connectivity index (χ3n) is 4.44. The Labute approximate surface area is 160 Å². The zero-order valence-corrected chi connectivity index (χ0v) is 15.0. The van der Waals surface area contributed by atoms with Crippen LogP contribution in [0.4, 0.5) is 4.39 Å². The number of para-hydroxylation sites is 1. The van der Waals surface area contributed by atoms with Gasteiger partial charge in [-0.05, 0) is 29.8 Å². The minimum atomic E-state index is -0.312. The molecule has 138 valence electrons. The van der Waals surface area contributed by atoms with E-state index in [1.165, 1.54) is 23.0 Å². The predicted octanol–water partition coefficient (Wildman–Crippen LogP) is 3.27. The van der Waals surface area contributed by atoms with E-state index in [1.54, 1.807) is 35.2 Å². The average Bonchev–Trinajstić information content (AvgIpc) is 3.18. The predicted molar refractivity (Wildman–Crippen MR) is 97.4 cm³/mol. The maximum Gasteiger partial charge on any atom is 0.274 e. The lowest BCUT2D eigenvalue weighted by molar-refractivity contribution is -0.0231. The number of hydrogen-bond acceptors (Lipinski definition) is 4. The van der Waals surface area contributed by atoms with Crippen LogP contribution in [0.3, 0.4) is 0 Å². The van der Waals surface area contributed by atoms with Crippen LogP contribution in [0.1, 0.15) is 22.2 Å². The quantitative estimate of drug-likeness (QED) is 0.693. The van der Waals surface area contributed by atoms with E-state index in [0.717, 1.165) is 5.56 Å². The van der Waals surface area contributed by atoms with Crippen LogP contribution >= 0.6 is 11.6 Å². The number of ether oxygens (including phenoxy) is 1. The largest absolute Gasteiger partial charge is 0.370 e. The molecule has 0 unspecified atom stereocenters. The summed E-state index contributed by atoms with van der Waals surface area (Å²) in [6.07, 6.45) is 1.11. The molecule has 0 saturated carbocycles. The van der Waals surface area contributed by atoms with Crippen LogP contribution in [0.2, 0.25) is 5.02 Å². The summed E-state index contributed by atoms with van der Waals surface area (Å²) in [6.45, 7) is 1.20. The summed E-state index contributed by atoms with van der Waals surface area (Å²) < 4.78 is 20.3. The molecule has 0 N–H and O–H groups in total. The van der Waals surface area contributed by atoms with Crippen LogP contribution in [0, 0.1) is 5.82 Å². The molecular weight excluding hydrogens is 371 g/mol. The zero-order valence-electron chi connectivity index (χ0n) is 14.3. The van der Waals surface area contributed by atoms with Crippen LogP contribution in [0.5, 0.6) is 0 Å². The summed E-state index contributed by atoms with van der Waals surface area (Å²) in [5, 5.41) is 8.36. The highest BCUT2D eigenvalue weighted by atomic mass is 35.5. The molecule has 1 aromatic heterocycles. The highest BCUT2D eigenvalue weighted by molar-refractivity contribution is 6.32. The molecule has 2 aromatic carbocycles. The van der Waals surface area contributed by atoms with Crippen molar-refractivity contribution in [2.24, 2.45) is 0 Å². The van der Waals surface area contributed by atoms with Gasteiger partial charge in [0.05, 0.1) is 30.1 Å². The van der Waals surface area contributed by atoms with Crippen molar-refractivity contribution in [2.75, 3.05) is 19.7 Å². The normalized spacial score (nSPS) is 17.1. The van der Waals surface area contributed by atoms with E-state index in [0.29, 0.717) is 36.1 Å². The van der Waals surface area contributed by atoms with Crippen molar-refractivity contribution >= 4 is 17.5 Å². The zero-order chi connectivity index (χ0) is 18.8. The van der Waals surface area contributed by atoms with Crippen LogP contribution in [0.25, 0.3) is 5.69 Å². The van der Waals surface area contributed by atoms with Crippen molar-refractivity contribution in [3.05, 3.63) is 76.8 Å². The highest BCUT2D eigenvalue weighted by Gasteiger charge is 2.28. The first kappa shape index (κ1) is 17.6. The van der Waals surface area contributed by atoms with Gasteiger partial charge in [0.25, 0.3) is 5.91 Å². The highest BCUT2D eigenvalue weighted by Crippen LogP contribution is 2.25. The Kier molecular flexibility index (Phi) is 4.87. The number of carbonyl (C=O) groups excluding carboxylic acids is 1. The van der Waals surface area contributed by atoms with E-state index in [4.69, 9.17) is 16.3 Å². The molecule has 0 spiro atoms. The molecule has 1 fully saturated rings. The molecular formula is C19H16ClFN4O2. The SMILES string of the molecule is O=C(c1cnnn1-c1ccccc1Cl)N1CCO[C@H](c2ccc(F)cc2)C1. The number of carbonyl (C=O) groups is 1. The van der Waals surface area contributed by atoms with E-state index in [-0.39, 0.29) is 17.8 Å². The van der Waals surface area contributed by atoms with Crippen molar-refractivity contribution in [3.63, 3.8) is 0 Å². The van der Waals surface area contributed by atoms with Crippen molar-refractivity contribution in [3.8, 4) is 5.69 Å². The summed E-state index contributed by atoms with van der Waals surface area (Å²) in [4.78, 5) is 14.7. The van der Waals surface area contributed by atoms with Gasteiger partial charge in [-0.2, -0.15) is 0 Å². The van der Waals surface area contributed by atoms with Gasteiger partial charge in [-0.1, -0.05) is 41.1 Å². The molecule has 3 aromatic rings. The van der Waals surface area contributed by atoms with Crippen molar-refractivity contribution < 1.29 is 13.9 Å². The van der Waals surface area contributed by atoms with Gasteiger partial charge in [0.2, 0.25) is 0 Å². The number of nitrogens with zero attached hydrogens (tertiary/aromatic N) is 4. The minimum absolute atomic E-state index is 0.213. The lowest BCUT2D eigenvalue weighted by Gasteiger charge is -2.33. The van der Waals surface area contributed by atoms with Gasteiger partial charge >= 0.3 is 0 Å². The molecule has 6 nitrogen and oxygen atoms in total. The second kappa shape index (κ2) is 7.46. The lowest BCUT2D eigenvalue weighted by atomic mass is 10.1. The van der Waals surface area contributed by atoms with Gasteiger partial charge in [0.1, 0.15) is 11.9 Å². The molecule has 1 aliphatic rings. The molecule has 2 heterocycles. The summed E-state index contributed by atoms with van der Waals surface area (Å²) in [7, 11) is 0. The fourth-order valence-corrected chi connectivity index (χ4v) is 3.27. The summed E-state index contributed by atoms with van der Waals surface area (Å²) in [5.41, 5.74) is 1.73. The maximum absolute atomic E-state index is 13.2. The molecule has 8 heteroatoms. The van der Waals surface area contributed by atoms with Crippen molar-refractivity contribution in [1.82, 2.24) is 19.9 Å². The van der Waals surface area contributed by atoms with Crippen molar-refractivity contribution in [1.29, 1.82) is 0 Å². The Hall–Kier alpha value is -2.77. The molecule has 0 aliphatic carbocycles. The van der Waals surface area contributed by atoms with Gasteiger partial charge in [0.15, 0.2) is 5.69 Å². The molecule has 1 aliphatic heterocycles. The summed E-state index contributed by atoms with van der Waals surface area (Å²) in [6, 6.07) is 13.2. The van der Waals surface area contributed by atoms with Gasteiger partial charge in [-0.25, -0.2) is 9.07 Å². The second-order valence-electron chi connectivity index (χ2n) is 6.14. The number of hydrogen-bond donors (Lipinski definition) is 0.